The minimum absolute atomic E-state index is 0.0688. The summed E-state index contributed by atoms with van der Waals surface area (Å²) >= 11 is 0. The van der Waals surface area contributed by atoms with Crippen LogP contribution in [0.15, 0.2) is 12.3 Å². The average Bonchev–Trinajstić information content (AvgIpc) is 2.69. The number of rotatable bonds is 6. The highest BCUT2D eigenvalue weighted by atomic mass is 16.2. The first kappa shape index (κ1) is 15.1. The highest BCUT2D eigenvalue weighted by molar-refractivity contribution is 5.94. The van der Waals surface area contributed by atoms with Gasteiger partial charge in [0, 0.05) is 31.7 Å². The lowest BCUT2D eigenvalue weighted by atomic mass is 10.3. The Morgan fingerprint density at radius 3 is 2.68 bits per heavy atom. The van der Waals surface area contributed by atoms with Crippen LogP contribution in [0, 0.1) is 0 Å². The normalized spacial score (nSPS) is 10.5. The average molecular weight is 266 g/mol. The third-order valence-corrected chi connectivity index (χ3v) is 2.58. The van der Waals surface area contributed by atoms with E-state index in [1.54, 1.807) is 16.8 Å². The number of carbonyl (C=O) groups excluding carboxylic acids is 2. The van der Waals surface area contributed by atoms with Gasteiger partial charge in [-0.05, 0) is 26.8 Å². The van der Waals surface area contributed by atoms with Gasteiger partial charge in [0.1, 0.15) is 5.69 Å². The van der Waals surface area contributed by atoms with Gasteiger partial charge in [-0.25, -0.2) is 0 Å². The molecule has 0 aliphatic carbocycles. The summed E-state index contributed by atoms with van der Waals surface area (Å²) in [7, 11) is 0. The number of nitrogen functional groups attached to an aromatic ring is 1. The fourth-order valence-electron chi connectivity index (χ4n) is 1.76. The van der Waals surface area contributed by atoms with Crippen LogP contribution in [0.2, 0.25) is 0 Å². The van der Waals surface area contributed by atoms with E-state index in [0.29, 0.717) is 24.5 Å². The van der Waals surface area contributed by atoms with Crippen LogP contribution < -0.4 is 16.4 Å². The number of hydrogen-bond donors (Lipinski definition) is 3. The molecule has 0 aliphatic heterocycles. The summed E-state index contributed by atoms with van der Waals surface area (Å²) in [6.07, 6.45) is 1.99. The summed E-state index contributed by atoms with van der Waals surface area (Å²) < 4.78 is 1.78. The van der Waals surface area contributed by atoms with Crippen molar-refractivity contribution in [1.29, 1.82) is 0 Å². The largest absolute Gasteiger partial charge is 0.397 e. The number of aryl methyl sites for hydroxylation is 1. The minimum Gasteiger partial charge on any atom is -0.397 e. The van der Waals surface area contributed by atoms with Crippen LogP contribution in [-0.2, 0) is 11.3 Å². The number of amides is 2. The predicted molar refractivity (Wildman–Crippen MR) is 74.7 cm³/mol. The van der Waals surface area contributed by atoms with Gasteiger partial charge in [-0.15, -0.1) is 0 Å². The molecule has 0 spiro atoms. The predicted octanol–water partition coefficient (Wildman–Crippen LogP) is 0.735. The quantitative estimate of drug-likeness (QED) is 0.709. The van der Waals surface area contributed by atoms with Gasteiger partial charge in [-0.1, -0.05) is 0 Å². The van der Waals surface area contributed by atoms with Crippen molar-refractivity contribution >= 4 is 17.5 Å². The zero-order valence-corrected chi connectivity index (χ0v) is 11.7. The zero-order valence-electron chi connectivity index (χ0n) is 11.7. The van der Waals surface area contributed by atoms with Crippen molar-refractivity contribution in [3.05, 3.63) is 18.0 Å². The van der Waals surface area contributed by atoms with Gasteiger partial charge >= 0.3 is 0 Å². The van der Waals surface area contributed by atoms with E-state index in [-0.39, 0.29) is 24.3 Å². The molecule has 1 aromatic heterocycles. The molecule has 6 nitrogen and oxygen atoms in total. The van der Waals surface area contributed by atoms with E-state index in [0.717, 1.165) is 0 Å². The first-order chi connectivity index (χ1) is 8.93. The molecule has 106 valence electrons. The van der Waals surface area contributed by atoms with E-state index in [1.165, 1.54) is 0 Å². The van der Waals surface area contributed by atoms with Crippen molar-refractivity contribution < 1.29 is 9.59 Å². The second-order valence-corrected chi connectivity index (χ2v) is 4.67. The molecule has 0 radical (unpaired) electrons. The number of nitrogens with one attached hydrogen (secondary N) is 2. The van der Waals surface area contributed by atoms with Crippen molar-refractivity contribution in [3.8, 4) is 0 Å². The summed E-state index contributed by atoms with van der Waals surface area (Å²) in [5, 5.41) is 5.48. The van der Waals surface area contributed by atoms with Crippen LogP contribution in [0.1, 0.15) is 37.7 Å². The van der Waals surface area contributed by atoms with Crippen LogP contribution in [-0.4, -0.2) is 29.0 Å². The molecule has 0 unspecified atom stereocenters. The molecule has 4 N–H and O–H groups in total. The monoisotopic (exact) mass is 266 g/mol. The van der Waals surface area contributed by atoms with E-state index in [4.69, 9.17) is 5.73 Å². The molecule has 1 heterocycles. The zero-order chi connectivity index (χ0) is 14.4. The Balaban J connectivity index is 2.45. The lowest BCUT2D eigenvalue weighted by Gasteiger charge is -2.09. The number of nitrogens with two attached hydrogens (primary N) is 1. The fourth-order valence-corrected chi connectivity index (χ4v) is 1.76. The van der Waals surface area contributed by atoms with Crippen LogP contribution in [0.3, 0.4) is 0 Å². The Labute approximate surface area is 113 Å². The fraction of sp³-hybridized carbons (Fsp3) is 0.538. The van der Waals surface area contributed by atoms with Crippen LogP contribution >= 0.6 is 0 Å². The third-order valence-electron chi connectivity index (χ3n) is 2.58. The molecule has 0 saturated heterocycles. The highest BCUT2D eigenvalue weighted by Crippen LogP contribution is 2.10. The third kappa shape index (κ3) is 4.65. The van der Waals surface area contributed by atoms with Gasteiger partial charge in [-0.2, -0.15) is 0 Å². The van der Waals surface area contributed by atoms with E-state index in [1.807, 2.05) is 20.8 Å². The molecule has 1 rings (SSSR count). The summed E-state index contributed by atoms with van der Waals surface area (Å²) in [4.78, 5) is 23.3. The number of anilines is 1. The molecule has 0 saturated carbocycles. The molecule has 0 aromatic carbocycles. The number of nitrogens with zero attached hydrogens (tertiary/aromatic N) is 1. The molecular formula is C13H22N4O2. The lowest BCUT2D eigenvalue weighted by molar-refractivity contribution is -0.121. The molecule has 0 aliphatic rings. The maximum atomic E-state index is 11.9. The Morgan fingerprint density at radius 1 is 1.42 bits per heavy atom. The Kier molecular flexibility index (Phi) is 5.41. The summed E-state index contributed by atoms with van der Waals surface area (Å²) in [5.74, 6) is -0.281. The standard InChI is InChI=1S/C13H22N4O2/c1-4-17-8-10(14)7-11(17)13(19)15-6-5-12(18)16-9(2)3/h7-9H,4-6,14H2,1-3H3,(H,15,19)(H,16,18). The lowest BCUT2D eigenvalue weighted by Crippen LogP contribution is -2.34. The number of hydrogen-bond acceptors (Lipinski definition) is 3. The SMILES string of the molecule is CCn1cc(N)cc1C(=O)NCCC(=O)NC(C)C. The van der Waals surface area contributed by atoms with Gasteiger partial charge in [-0.3, -0.25) is 9.59 Å². The van der Waals surface area contributed by atoms with Crippen molar-refractivity contribution in [3.63, 3.8) is 0 Å². The van der Waals surface area contributed by atoms with Crippen LogP contribution in [0.4, 0.5) is 5.69 Å². The van der Waals surface area contributed by atoms with Crippen molar-refractivity contribution in [2.75, 3.05) is 12.3 Å². The van der Waals surface area contributed by atoms with Gasteiger partial charge in [0.05, 0.1) is 5.69 Å². The molecular weight excluding hydrogens is 244 g/mol. The summed E-state index contributed by atoms with van der Waals surface area (Å²) in [5.41, 5.74) is 6.74. The Morgan fingerprint density at radius 2 is 2.11 bits per heavy atom. The number of aromatic nitrogens is 1. The van der Waals surface area contributed by atoms with Crippen LogP contribution in [0.25, 0.3) is 0 Å². The summed E-state index contributed by atoms with van der Waals surface area (Å²) in [6, 6.07) is 1.74. The smallest absolute Gasteiger partial charge is 0.267 e. The second kappa shape index (κ2) is 6.82. The Hall–Kier alpha value is -1.98. The van der Waals surface area contributed by atoms with Gasteiger partial charge in [0.15, 0.2) is 0 Å². The van der Waals surface area contributed by atoms with E-state index in [2.05, 4.69) is 10.6 Å². The maximum Gasteiger partial charge on any atom is 0.267 e. The summed E-state index contributed by atoms with van der Waals surface area (Å²) in [6.45, 7) is 6.72. The highest BCUT2D eigenvalue weighted by Gasteiger charge is 2.12. The molecule has 1 aromatic rings. The van der Waals surface area contributed by atoms with E-state index < -0.39 is 0 Å². The molecule has 0 atom stereocenters. The molecule has 6 heteroatoms. The van der Waals surface area contributed by atoms with Gasteiger partial charge in [0.25, 0.3) is 5.91 Å². The minimum atomic E-state index is -0.212. The first-order valence-corrected chi connectivity index (χ1v) is 6.47. The topological polar surface area (TPSA) is 89.2 Å². The molecule has 0 bridgehead atoms. The molecule has 0 fully saturated rings. The Bertz CT molecular complexity index is 451. The van der Waals surface area contributed by atoms with Crippen molar-refractivity contribution in [2.45, 2.75) is 39.8 Å². The van der Waals surface area contributed by atoms with Gasteiger partial charge < -0.3 is 20.9 Å². The second-order valence-electron chi connectivity index (χ2n) is 4.67. The van der Waals surface area contributed by atoms with Gasteiger partial charge in [0.2, 0.25) is 5.91 Å². The van der Waals surface area contributed by atoms with Crippen molar-refractivity contribution in [2.24, 2.45) is 0 Å². The van der Waals surface area contributed by atoms with E-state index in [9.17, 15) is 9.59 Å². The van der Waals surface area contributed by atoms with Crippen LogP contribution in [0.5, 0.6) is 0 Å². The maximum absolute atomic E-state index is 11.9. The van der Waals surface area contributed by atoms with Crippen molar-refractivity contribution in [1.82, 2.24) is 15.2 Å². The molecule has 19 heavy (non-hydrogen) atoms. The number of carbonyl (C=O) groups is 2. The van der Waals surface area contributed by atoms with E-state index >= 15 is 0 Å². The molecule has 2 amide bonds. The first-order valence-electron chi connectivity index (χ1n) is 6.47.